The third-order valence-corrected chi connectivity index (χ3v) is 8.75. The molecule has 2 fully saturated rings. The molecule has 1 aromatic carbocycles. The van der Waals surface area contributed by atoms with Gasteiger partial charge in [-0.1, -0.05) is 13.3 Å². The van der Waals surface area contributed by atoms with Gasteiger partial charge in [-0.15, -0.1) is 0 Å². The summed E-state index contributed by atoms with van der Waals surface area (Å²) in [6.07, 6.45) is 5.53. The van der Waals surface area contributed by atoms with Gasteiger partial charge >= 0.3 is 5.97 Å². The van der Waals surface area contributed by atoms with Gasteiger partial charge in [0.1, 0.15) is 0 Å². The van der Waals surface area contributed by atoms with Crippen LogP contribution in [0.5, 0.6) is 17.2 Å². The van der Waals surface area contributed by atoms with Crippen molar-refractivity contribution >= 4 is 17.8 Å². The number of aliphatic carboxylic acids is 1. The molecular weight excluding hydrogens is 540 g/mol. The Bertz CT molecular complexity index is 1100. The minimum atomic E-state index is -0.886. The van der Waals surface area contributed by atoms with Gasteiger partial charge in [0.15, 0.2) is 11.5 Å². The van der Waals surface area contributed by atoms with Crippen molar-refractivity contribution < 1.29 is 33.7 Å². The number of fused-ring (bicyclic) bond motifs is 1. The molecule has 1 N–H and O–H groups in total. The van der Waals surface area contributed by atoms with E-state index in [-0.39, 0.29) is 37.1 Å². The van der Waals surface area contributed by atoms with Crippen molar-refractivity contribution in [3.8, 4) is 17.2 Å². The largest absolute Gasteiger partial charge is 0.493 e. The van der Waals surface area contributed by atoms with Crippen LogP contribution in [0.15, 0.2) is 12.1 Å². The van der Waals surface area contributed by atoms with Crippen molar-refractivity contribution in [2.75, 3.05) is 73.8 Å². The van der Waals surface area contributed by atoms with E-state index in [1.807, 2.05) is 36.0 Å². The monoisotopic (exact) mass is 588 g/mol. The van der Waals surface area contributed by atoms with Crippen LogP contribution in [0.4, 0.5) is 0 Å². The number of hydrogen-bond donors (Lipinski definition) is 1. The summed E-state index contributed by atoms with van der Waals surface area (Å²) in [5, 5.41) is 10.6. The number of amides is 2. The average Bonchev–Trinajstić information content (AvgIpc) is 3.68. The molecule has 0 aromatic heterocycles. The number of likely N-dealkylation sites (tertiary alicyclic amines) is 2. The lowest BCUT2D eigenvalue weighted by Crippen LogP contribution is -2.45. The van der Waals surface area contributed by atoms with Crippen LogP contribution < -0.4 is 14.2 Å². The lowest BCUT2D eigenvalue weighted by atomic mass is 9.83. The first kappa shape index (κ1) is 31.9. The van der Waals surface area contributed by atoms with Gasteiger partial charge in [0, 0.05) is 51.1 Å². The fourth-order valence-electron chi connectivity index (χ4n) is 6.55. The van der Waals surface area contributed by atoms with Crippen LogP contribution in [0.2, 0.25) is 0 Å². The first-order valence-electron chi connectivity index (χ1n) is 15.4. The Labute approximate surface area is 249 Å². The summed E-state index contributed by atoms with van der Waals surface area (Å²) in [4.78, 5) is 46.8. The molecular formula is C31H48N4O7. The van der Waals surface area contributed by atoms with Crippen molar-refractivity contribution in [1.82, 2.24) is 19.6 Å². The molecule has 11 nitrogen and oxygen atoms in total. The van der Waals surface area contributed by atoms with Crippen LogP contribution in [0.1, 0.15) is 63.4 Å². The van der Waals surface area contributed by atoms with E-state index >= 15 is 0 Å². The topological polar surface area (TPSA) is 112 Å². The van der Waals surface area contributed by atoms with E-state index in [4.69, 9.17) is 14.2 Å². The second kappa shape index (κ2) is 14.9. The summed E-state index contributed by atoms with van der Waals surface area (Å²) in [5.41, 5.74) is 0.798. The van der Waals surface area contributed by atoms with Crippen LogP contribution in [0.25, 0.3) is 0 Å². The number of carboxylic acids is 1. The Kier molecular flexibility index (Phi) is 11.3. The fourth-order valence-corrected chi connectivity index (χ4v) is 6.55. The van der Waals surface area contributed by atoms with E-state index < -0.39 is 11.9 Å². The zero-order valence-electron chi connectivity index (χ0n) is 25.7. The number of carboxylic acid groups (broad SMARTS) is 1. The molecule has 0 aliphatic carbocycles. The molecule has 0 saturated carbocycles. The van der Waals surface area contributed by atoms with Gasteiger partial charge in [-0.25, -0.2) is 0 Å². The molecule has 3 aliphatic rings. The molecule has 0 radical (unpaired) electrons. The van der Waals surface area contributed by atoms with E-state index in [2.05, 4.69) is 16.7 Å². The van der Waals surface area contributed by atoms with Crippen molar-refractivity contribution in [2.45, 2.75) is 63.8 Å². The molecule has 3 heterocycles. The summed E-state index contributed by atoms with van der Waals surface area (Å²) in [5.74, 6) is -0.206. The number of carbonyl (C=O) groups excluding carboxylic acids is 2. The minimum Gasteiger partial charge on any atom is -0.493 e. The second-order valence-electron chi connectivity index (χ2n) is 11.9. The molecule has 11 heteroatoms. The van der Waals surface area contributed by atoms with E-state index in [0.717, 1.165) is 44.3 Å². The zero-order valence-corrected chi connectivity index (χ0v) is 25.7. The second-order valence-corrected chi connectivity index (χ2v) is 11.9. The highest BCUT2D eigenvalue weighted by atomic mass is 16.7. The van der Waals surface area contributed by atoms with Crippen LogP contribution in [-0.4, -0.2) is 122 Å². The SMILES string of the molecule is CCCCN(CCCN(C)C)C(=O)CN1C[C@H](c2cc(OC)c3c(c2)OCO3)C(C(=O)O)[C@@H]1CCCN1CCCC1=O. The third kappa shape index (κ3) is 7.66. The van der Waals surface area contributed by atoms with E-state index in [1.54, 1.807) is 7.11 Å². The van der Waals surface area contributed by atoms with Crippen molar-refractivity contribution in [2.24, 2.45) is 5.92 Å². The molecule has 3 aliphatic heterocycles. The lowest BCUT2D eigenvalue weighted by molar-refractivity contribution is -0.144. The lowest BCUT2D eigenvalue weighted by Gasteiger charge is -2.30. The number of benzene rings is 1. The van der Waals surface area contributed by atoms with Gasteiger partial charge in [0.2, 0.25) is 24.4 Å². The molecule has 42 heavy (non-hydrogen) atoms. The van der Waals surface area contributed by atoms with E-state index in [0.29, 0.717) is 62.7 Å². The summed E-state index contributed by atoms with van der Waals surface area (Å²) in [6.45, 7) is 6.44. The van der Waals surface area contributed by atoms with Gasteiger partial charge in [0.25, 0.3) is 0 Å². The molecule has 2 saturated heterocycles. The van der Waals surface area contributed by atoms with E-state index in [9.17, 15) is 19.5 Å². The summed E-state index contributed by atoms with van der Waals surface area (Å²) in [7, 11) is 5.61. The number of nitrogens with zero attached hydrogens (tertiary/aromatic N) is 4. The highest BCUT2D eigenvalue weighted by Gasteiger charge is 2.47. The summed E-state index contributed by atoms with van der Waals surface area (Å²) >= 11 is 0. The maximum Gasteiger partial charge on any atom is 0.308 e. The van der Waals surface area contributed by atoms with E-state index in [1.165, 1.54) is 0 Å². The Hall–Kier alpha value is -3.05. The van der Waals surface area contributed by atoms with Crippen molar-refractivity contribution in [3.63, 3.8) is 0 Å². The average molecular weight is 589 g/mol. The number of rotatable bonds is 16. The van der Waals surface area contributed by atoms with Gasteiger partial charge in [0.05, 0.1) is 19.6 Å². The van der Waals surface area contributed by atoms with Gasteiger partial charge in [-0.2, -0.15) is 0 Å². The molecule has 3 atom stereocenters. The Morgan fingerprint density at radius 1 is 1.12 bits per heavy atom. The highest BCUT2D eigenvalue weighted by Crippen LogP contribution is 2.47. The Morgan fingerprint density at radius 3 is 2.57 bits per heavy atom. The predicted molar refractivity (Wildman–Crippen MR) is 158 cm³/mol. The van der Waals surface area contributed by atoms with Crippen LogP contribution >= 0.6 is 0 Å². The minimum absolute atomic E-state index is 0.0370. The number of methoxy groups -OCH3 is 1. The number of ether oxygens (including phenoxy) is 3. The molecule has 0 spiro atoms. The number of hydrogen-bond acceptors (Lipinski definition) is 8. The predicted octanol–water partition coefficient (Wildman–Crippen LogP) is 2.88. The van der Waals surface area contributed by atoms with Crippen molar-refractivity contribution in [1.29, 1.82) is 0 Å². The van der Waals surface area contributed by atoms with Crippen LogP contribution in [0.3, 0.4) is 0 Å². The van der Waals surface area contributed by atoms with Crippen LogP contribution in [0, 0.1) is 5.92 Å². The smallest absolute Gasteiger partial charge is 0.308 e. The third-order valence-electron chi connectivity index (χ3n) is 8.75. The molecule has 2 amide bonds. The molecule has 0 bridgehead atoms. The molecule has 1 aromatic rings. The number of unbranched alkanes of at least 4 members (excludes halogenated alkanes) is 1. The first-order chi connectivity index (χ1) is 20.2. The van der Waals surface area contributed by atoms with Crippen LogP contribution in [-0.2, 0) is 14.4 Å². The summed E-state index contributed by atoms with van der Waals surface area (Å²) in [6, 6.07) is 3.35. The van der Waals surface area contributed by atoms with Crippen molar-refractivity contribution in [3.05, 3.63) is 17.7 Å². The maximum atomic E-state index is 13.7. The molecule has 234 valence electrons. The molecule has 4 rings (SSSR count). The standard InChI is InChI=1S/C31H48N4O7/c1-5-6-13-34(16-9-12-32(2)3)28(37)20-35-19-23(22-17-25(40-4)30-26(18-22)41-21-42-30)29(31(38)39)24(35)10-7-14-33-15-8-11-27(33)36/h17-18,23-24,29H,5-16,19-21H2,1-4H3,(H,38,39)/t23-,24+,29?/m1/s1. The highest BCUT2D eigenvalue weighted by molar-refractivity contribution is 5.79. The van der Waals surface area contributed by atoms with Gasteiger partial charge in [-0.05, 0) is 70.4 Å². The maximum absolute atomic E-state index is 13.7. The quantitative estimate of drug-likeness (QED) is 0.312. The fraction of sp³-hybridized carbons (Fsp3) is 0.710. The van der Waals surface area contributed by atoms with Gasteiger partial charge < -0.3 is 34.0 Å². The Morgan fingerprint density at radius 2 is 1.90 bits per heavy atom. The summed E-state index contributed by atoms with van der Waals surface area (Å²) < 4.78 is 16.8. The van der Waals surface area contributed by atoms with Gasteiger partial charge in [-0.3, -0.25) is 19.3 Å². The number of carbonyl (C=O) groups is 3. The Balaban J connectivity index is 1.57. The first-order valence-corrected chi connectivity index (χ1v) is 15.4. The zero-order chi connectivity index (χ0) is 30.2. The normalized spacial score (nSPS) is 21.9. The molecule has 1 unspecified atom stereocenters.